The van der Waals surface area contributed by atoms with E-state index < -0.39 is 0 Å². The van der Waals surface area contributed by atoms with Gasteiger partial charge in [-0.1, -0.05) is 11.6 Å². The molecule has 0 spiro atoms. The Morgan fingerprint density at radius 3 is 2.67 bits per heavy atom. The number of rotatable bonds is 3. The number of nitrogens with two attached hydrogens (primary N) is 1. The van der Waals surface area contributed by atoms with E-state index in [2.05, 4.69) is 10.3 Å². The number of hydrogen-bond donors (Lipinski definition) is 2. The Hall–Kier alpha value is -0.550. The van der Waals surface area contributed by atoms with Gasteiger partial charge in [0.15, 0.2) is 0 Å². The van der Waals surface area contributed by atoms with Gasteiger partial charge in [-0.05, 0) is 25.3 Å². The maximum absolute atomic E-state index is 11.8. The normalized spacial score (nSPS) is 15.7. The molecule has 1 aliphatic rings. The summed E-state index contributed by atoms with van der Waals surface area (Å²) in [6, 6.07) is 1.60. The second kappa shape index (κ2) is 7.14. The van der Waals surface area contributed by atoms with Gasteiger partial charge in [0.05, 0.1) is 10.6 Å². The van der Waals surface area contributed by atoms with Crippen molar-refractivity contribution < 1.29 is 4.79 Å². The summed E-state index contributed by atoms with van der Waals surface area (Å²) in [5.41, 5.74) is 6.24. The van der Waals surface area contributed by atoms with Crippen LogP contribution in [-0.2, 0) is 0 Å². The molecule has 1 amide bonds. The number of hydrogen-bond acceptors (Lipinski definition) is 3. The van der Waals surface area contributed by atoms with Crippen LogP contribution in [0.4, 0.5) is 0 Å². The molecular weight excluding hydrogens is 297 g/mol. The Kier molecular flexibility index (Phi) is 6.92. The fourth-order valence-corrected chi connectivity index (χ4v) is 1.92. The summed E-state index contributed by atoms with van der Waals surface area (Å²) in [7, 11) is 0. The van der Waals surface area contributed by atoms with E-state index in [9.17, 15) is 4.79 Å². The maximum Gasteiger partial charge on any atom is 0.252 e. The van der Waals surface area contributed by atoms with Gasteiger partial charge in [-0.25, -0.2) is 0 Å². The van der Waals surface area contributed by atoms with Crippen molar-refractivity contribution in [1.82, 2.24) is 10.3 Å². The molecule has 4 nitrogen and oxygen atoms in total. The van der Waals surface area contributed by atoms with Crippen LogP contribution in [0.2, 0.25) is 5.02 Å². The predicted octanol–water partition coefficient (Wildman–Crippen LogP) is 2.19. The van der Waals surface area contributed by atoms with Crippen LogP contribution in [-0.4, -0.2) is 23.0 Å². The first-order valence-electron chi connectivity index (χ1n) is 5.27. The lowest BCUT2D eigenvalue weighted by atomic mass is 9.78. The number of carbonyl (C=O) groups is 1. The molecule has 2 rings (SSSR count). The monoisotopic (exact) mass is 311 g/mol. The van der Waals surface area contributed by atoms with Gasteiger partial charge in [-0.15, -0.1) is 24.8 Å². The van der Waals surface area contributed by atoms with Gasteiger partial charge in [0.25, 0.3) is 5.91 Å². The third-order valence-corrected chi connectivity index (χ3v) is 3.27. The van der Waals surface area contributed by atoms with E-state index in [1.165, 1.54) is 6.20 Å². The Morgan fingerprint density at radius 2 is 2.17 bits per heavy atom. The molecule has 7 heteroatoms. The van der Waals surface area contributed by atoms with Gasteiger partial charge < -0.3 is 11.1 Å². The van der Waals surface area contributed by atoms with E-state index in [1.54, 1.807) is 12.3 Å². The van der Waals surface area contributed by atoms with Crippen LogP contribution in [0.3, 0.4) is 0 Å². The molecule has 18 heavy (non-hydrogen) atoms. The minimum absolute atomic E-state index is 0. The highest BCUT2D eigenvalue weighted by Gasteiger charge is 2.32. The number of carbonyl (C=O) groups excluding carboxylic acids is 1. The second-order valence-corrected chi connectivity index (χ2v) is 4.66. The number of nitrogens with zero attached hydrogens (tertiary/aromatic N) is 1. The lowest BCUT2D eigenvalue weighted by Gasteiger charge is -2.38. The fourth-order valence-electron chi connectivity index (χ4n) is 1.72. The summed E-state index contributed by atoms with van der Waals surface area (Å²) < 4.78 is 0. The summed E-state index contributed by atoms with van der Waals surface area (Å²) >= 11 is 5.86. The number of pyridine rings is 1. The lowest BCUT2D eigenvalue weighted by Crippen LogP contribution is -2.54. The smallest absolute Gasteiger partial charge is 0.252 e. The minimum Gasteiger partial charge on any atom is -0.350 e. The minimum atomic E-state index is -0.213. The zero-order valence-corrected chi connectivity index (χ0v) is 12.1. The van der Waals surface area contributed by atoms with Crippen LogP contribution in [0.25, 0.3) is 0 Å². The molecule has 0 bridgehead atoms. The first-order valence-corrected chi connectivity index (χ1v) is 5.65. The van der Waals surface area contributed by atoms with Crippen molar-refractivity contribution in [1.29, 1.82) is 0 Å². The molecule has 0 aromatic carbocycles. The third kappa shape index (κ3) is 3.99. The molecule has 0 unspecified atom stereocenters. The van der Waals surface area contributed by atoms with Crippen LogP contribution < -0.4 is 11.1 Å². The van der Waals surface area contributed by atoms with Gasteiger partial charge in [-0.2, -0.15) is 0 Å². The summed E-state index contributed by atoms with van der Waals surface area (Å²) in [6.07, 6.45) is 6.08. The largest absolute Gasteiger partial charge is 0.350 e. The first kappa shape index (κ1) is 17.4. The molecule has 1 aromatic heterocycles. The van der Waals surface area contributed by atoms with Crippen molar-refractivity contribution in [3.05, 3.63) is 29.0 Å². The SMILES string of the molecule is Cl.Cl.NC1(CNC(=O)c2ccncc2Cl)CCC1. The van der Waals surface area contributed by atoms with E-state index in [0.717, 1.165) is 19.3 Å². The Labute approximate surface area is 123 Å². The molecule has 3 N–H and O–H groups in total. The molecule has 0 radical (unpaired) electrons. The molecule has 0 saturated heterocycles. The lowest BCUT2D eigenvalue weighted by molar-refractivity contribution is 0.0930. The van der Waals surface area contributed by atoms with E-state index in [-0.39, 0.29) is 36.3 Å². The zero-order chi connectivity index (χ0) is 11.6. The Morgan fingerprint density at radius 1 is 1.50 bits per heavy atom. The molecule has 1 aromatic rings. The average molecular weight is 313 g/mol. The van der Waals surface area contributed by atoms with E-state index >= 15 is 0 Å². The van der Waals surface area contributed by atoms with Crippen molar-refractivity contribution in [3.8, 4) is 0 Å². The van der Waals surface area contributed by atoms with Crippen LogP contribution in [0, 0.1) is 0 Å². The third-order valence-electron chi connectivity index (χ3n) is 2.97. The van der Waals surface area contributed by atoms with E-state index in [1.807, 2.05) is 0 Å². The first-order chi connectivity index (χ1) is 7.61. The van der Waals surface area contributed by atoms with Crippen LogP contribution >= 0.6 is 36.4 Å². The second-order valence-electron chi connectivity index (χ2n) is 4.25. The van der Waals surface area contributed by atoms with Crippen LogP contribution in [0.1, 0.15) is 29.6 Å². The molecule has 102 valence electrons. The number of aromatic nitrogens is 1. The van der Waals surface area contributed by atoms with Crippen molar-refractivity contribution in [2.75, 3.05) is 6.54 Å². The van der Waals surface area contributed by atoms with Crippen molar-refractivity contribution in [3.63, 3.8) is 0 Å². The number of amides is 1. The molecule has 0 atom stereocenters. The van der Waals surface area contributed by atoms with Crippen molar-refractivity contribution >= 4 is 42.3 Å². The van der Waals surface area contributed by atoms with E-state index in [4.69, 9.17) is 17.3 Å². The number of nitrogens with one attached hydrogen (secondary N) is 1. The Bertz CT molecular complexity index is 410. The average Bonchev–Trinajstić information content (AvgIpc) is 2.24. The molecule has 1 saturated carbocycles. The molecule has 1 aliphatic carbocycles. The quantitative estimate of drug-likeness (QED) is 0.899. The van der Waals surface area contributed by atoms with Crippen molar-refractivity contribution in [2.24, 2.45) is 5.73 Å². The highest BCUT2D eigenvalue weighted by molar-refractivity contribution is 6.33. The highest BCUT2D eigenvalue weighted by Crippen LogP contribution is 2.28. The molecule has 0 aliphatic heterocycles. The molecule has 1 fully saturated rings. The highest BCUT2D eigenvalue weighted by atomic mass is 35.5. The van der Waals surface area contributed by atoms with Gasteiger partial charge in [0, 0.05) is 24.5 Å². The predicted molar refractivity (Wildman–Crippen MR) is 76.8 cm³/mol. The summed E-state index contributed by atoms with van der Waals surface area (Å²) in [5, 5.41) is 3.17. The van der Waals surface area contributed by atoms with Gasteiger partial charge in [0.1, 0.15) is 0 Å². The summed E-state index contributed by atoms with van der Waals surface area (Å²) in [6.45, 7) is 0.504. The van der Waals surface area contributed by atoms with Gasteiger partial charge >= 0.3 is 0 Å². The molecule has 1 heterocycles. The topological polar surface area (TPSA) is 68.0 Å². The summed E-state index contributed by atoms with van der Waals surface area (Å²) in [4.78, 5) is 15.6. The van der Waals surface area contributed by atoms with Gasteiger partial charge in [0.2, 0.25) is 0 Å². The summed E-state index contributed by atoms with van der Waals surface area (Å²) in [5.74, 6) is -0.191. The van der Waals surface area contributed by atoms with Crippen LogP contribution in [0.15, 0.2) is 18.5 Å². The van der Waals surface area contributed by atoms with Crippen molar-refractivity contribution in [2.45, 2.75) is 24.8 Å². The fraction of sp³-hybridized carbons (Fsp3) is 0.455. The van der Waals surface area contributed by atoms with Gasteiger partial charge in [-0.3, -0.25) is 9.78 Å². The van der Waals surface area contributed by atoms with Crippen LogP contribution in [0.5, 0.6) is 0 Å². The van der Waals surface area contributed by atoms with E-state index in [0.29, 0.717) is 17.1 Å². The standard InChI is InChI=1S/C11H14ClN3O.2ClH/c12-9-6-14-5-2-8(9)10(16)15-7-11(13)3-1-4-11;;/h2,5-6H,1,3-4,7,13H2,(H,15,16);2*1H. The Balaban J connectivity index is 0.00000144. The maximum atomic E-state index is 11.8. The molecular formula is C11H16Cl3N3O. The number of halogens is 3. The zero-order valence-electron chi connectivity index (χ0n) is 9.69.